The van der Waals surface area contributed by atoms with E-state index in [1.807, 2.05) is 39.0 Å². The van der Waals surface area contributed by atoms with Crippen LogP contribution in [0.3, 0.4) is 0 Å². The number of urea groups is 1. The summed E-state index contributed by atoms with van der Waals surface area (Å²) >= 11 is 0. The van der Waals surface area contributed by atoms with Crippen LogP contribution >= 0.6 is 0 Å². The smallest absolute Gasteiger partial charge is 0.325 e. The van der Waals surface area contributed by atoms with E-state index in [1.165, 1.54) is 0 Å². The first-order valence-corrected chi connectivity index (χ1v) is 9.38. The van der Waals surface area contributed by atoms with Crippen molar-refractivity contribution in [3.05, 3.63) is 47.9 Å². The summed E-state index contributed by atoms with van der Waals surface area (Å²) in [6.45, 7) is 8.66. The predicted molar refractivity (Wildman–Crippen MR) is 108 cm³/mol. The molecule has 1 fully saturated rings. The van der Waals surface area contributed by atoms with Crippen LogP contribution in [0.15, 0.2) is 36.8 Å². The summed E-state index contributed by atoms with van der Waals surface area (Å²) in [5, 5.41) is 5.19. The maximum Gasteiger partial charge on any atom is 0.325 e. The Hall–Kier alpha value is -3.00. The third-order valence-corrected chi connectivity index (χ3v) is 4.98. The lowest BCUT2D eigenvalue weighted by atomic mass is 10.1. The average Bonchev–Trinajstić information content (AvgIpc) is 2.70. The molecule has 2 heterocycles. The number of nitrogens with one attached hydrogen (secondary N) is 2. The summed E-state index contributed by atoms with van der Waals surface area (Å²) in [6, 6.07) is 4.83. The molecular formula is C20H26N6O2. The SMILES string of the molecule is Cc1ccc(NC(=O)NC(=O)[C@H](C)N2CCN(c3cnccn3)CC2)c(C)c1. The molecule has 0 unspecified atom stereocenters. The third-order valence-electron chi connectivity index (χ3n) is 4.98. The van der Waals surface area contributed by atoms with Crippen LogP contribution in [-0.2, 0) is 4.79 Å². The van der Waals surface area contributed by atoms with Gasteiger partial charge in [-0.3, -0.25) is 20.0 Å². The van der Waals surface area contributed by atoms with E-state index < -0.39 is 12.1 Å². The lowest BCUT2D eigenvalue weighted by Crippen LogP contribution is -2.55. The molecule has 0 aliphatic carbocycles. The number of imide groups is 1. The molecule has 1 aromatic heterocycles. The zero-order valence-electron chi connectivity index (χ0n) is 16.5. The van der Waals surface area contributed by atoms with Crippen molar-refractivity contribution >= 4 is 23.4 Å². The molecule has 0 radical (unpaired) electrons. The number of rotatable bonds is 4. The standard InChI is InChI=1S/C20H26N6O2/c1-14-4-5-17(15(2)12-14)23-20(28)24-19(27)16(3)25-8-10-26(11-9-25)18-13-21-6-7-22-18/h4-7,12-13,16H,8-11H2,1-3H3,(H2,23,24,27,28)/t16-/m0/s1. The number of piperazine rings is 1. The lowest BCUT2D eigenvalue weighted by molar-refractivity contribution is -0.124. The van der Waals surface area contributed by atoms with Crippen molar-refractivity contribution in [1.29, 1.82) is 0 Å². The fraction of sp³-hybridized carbons (Fsp3) is 0.400. The van der Waals surface area contributed by atoms with E-state index >= 15 is 0 Å². The number of aryl methyl sites for hydroxylation is 2. The van der Waals surface area contributed by atoms with Gasteiger partial charge in [0.2, 0.25) is 5.91 Å². The van der Waals surface area contributed by atoms with E-state index in [2.05, 4.69) is 30.4 Å². The van der Waals surface area contributed by atoms with Crippen LogP contribution in [0, 0.1) is 13.8 Å². The molecule has 0 bridgehead atoms. The summed E-state index contributed by atoms with van der Waals surface area (Å²) in [5.74, 6) is 0.530. The molecule has 8 nitrogen and oxygen atoms in total. The summed E-state index contributed by atoms with van der Waals surface area (Å²) in [5.41, 5.74) is 2.77. The van der Waals surface area contributed by atoms with Crippen molar-refractivity contribution in [1.82, 2.24) is 20.2 Å². The van der Waals surface area contributed by atoms with Gasteiger partial charge >= 0.3 is 6.03 Å². The molecule has 28 heavy (non-hydrogen) atoms. The van der Waals surface area contributed by atoms with Crippen molar-refractivity contribution in [3.8, 4) is 0 Å². The van der Waals surface area contributed by atoms with Gasteiger partial charge in [0.15, 0.2) is 0 Å². The zero-order valence-corrected chi connectivity index (χ0v) is 16.5. The number of benzene rings is 1. The van der Waals surface area contributed by atoms with Crippen molar-refractivity contribution < 1.29 is 9.59 Å². The van der Waals surface area contributed by atoms with Gasteiger partial charge in [-0.05, 0) is 32.4 Å². The number of hydrogen-bond donors (Lipinski definition) is 2. The molecule has 0 spiro atoms. The van der Waals surface area contributed by atoms with Gasteiger partial charge in [-0.15, -0.1) is 0 Å². The second kappa shape index (κ2) is 8.79. The van der Waals surface area contributed by atoms with E-state index in [0.717, 1.165) is 30.0 Å². The quantitative estimate of drug-likeness (QED) is 0.840. The highest BCUT2D eigenvalue weighted by Crippen LogP contribution is 2.16. The van der Waals surface area contributed by atoms with Gasteiger partial charge in [0.05, 0.1) is 12.2 Å². The largest absolute Gasteiger partial charge is 0.353 e. The Morgan fingerprint density at radius 2 is 1.86 bits per heavy atom. The predicted octanol–water partition coefficient (Wildman–Crippen LogP) is 1.95. The minimum Gasteiger partial charge on any atom is -0.353 e. The normalized spacial score (nSPS) is 15.8. The highest BCUT2D eigenvalue weighted by Gasteiger charge is 2.27. The molecular weight excluding hydrogens is 356 g/mol. The minimum absolute atomic E-state index is 0.310. The van der Waals surface area contributed by atoms with Gasteiger partial charge in [0, 0.05) is 44.3 Å². The zero-order chi connectivity index (χ0) is 20.1. The van der Waals surface area contributed by atoms with Crippen LogP contribution in [0.25, 0.3) is 0 Å². The second-order valence-electron chi connectivity index (χ2n) is 7.02. The number of aromatic nitrogens is 2. The van der Waals surface area contributed by atoms with E-state index in [1.54, 1.807) is 18.6 Å². The Morgan fingerprint density at radius 1 is 1.11 bits per heavy atom. The second-order valence-corrected chi connectivity index (χ2v) is 7.02. The number of nitrogens with zero attached hydrogens (tertiary/aromatic N) is 4. The first kappa shape index (κ1) is 19.8. The summed E-state index contributed by atoms with van der Waals surface area (Å²) in [6.07, 6.45) is 5.06. The van der Waals surface area contributed by atoms with Gasteiger partial charge in [-0.25, -0.2) is 9.78 Å². The van der Waals surface area contributed by atoms with E-state index in [0.29, 0.717) is 18.8 Å². The van der Waals surface area contributed by atoms with Crippen LogP contribution < -0.4 is 15.5 Å². The summed E-state index contributed by atoms with van der Waals surface area (Å²) in [4.78, 5) is 37.3. The van der Waals surface area contributed by atoms with Crippen molar-refractivity contribution in [2.45, 2.75) is 26.8 Å². The fourth-order valence-corrected chi connectivity index (χ4v) is 3.28. The van der Waals surface area contributed by atoms with E-state index in [4.69, 9.17) is 0 Å². The van der Waals surface area contributed by atoms with Crippen LogP contribution in [0.5, 0.6) is 0 Å². The number of carbonyl (C=O) groups excluding carboxylic acids is 2. The Bertz CT molecular complexity index is 834. The summed E-state index contributed by atoms with van der Waals surface area (Å²) in [7, 11) is 0. The Labute approximate surface area is 165 Å². The Balaban J connectivity index is 1.50. The van der Waals surface area contributed by atoms with Crippen LogP contribution in [-0.4, -0.2) is 59.0 Å². The minimum atomic E-state index is -0.512. The van der Waals surface area contributed by atoms with Gasteiger partial charge in [-0.1, -0.05) is 17.7 Å². The van der Waals surface area contributed by atoms with Gasteiger partial charge in [-0.2, -0.15) is 0 Å². The average molecular weight is 382 g/mol. The molecule has 1 aliphatic heterocycles. The first-order valence-electron chi connectivity index (χ1n) is 9.38. The molecule has 1 aromatic carbocycles. The van der Waals surface area contributed by atoms with Crippen LogP contribution in [0.4, 0.5) is 16.3 Å². The van der Waals surface area contributed by atoms with E-state index in [-0.39, 0.29) is 5.91 Å². The van der Waals surface area contributed by atoms with Gasteiger partial charge < -0.3 is 10.2 Å². The molecule has 1 aliphatic rings. The molecule has 3 amide bonds. The van der Waals surface area contributed by atoms with E-state index in [9.17, 15) is 9.59 Å². The van der Waals surface area contributed by atoms with Crippen molar-refractivity contribution in [2.75, 3.05) is 36.4 Å². The molecule has 8 heteroatoms. The fourth-order valence-electron chi connectivity index (χ4n) is 3.28. The first-order chi connectivity index (χ1) is 13.4. The molecule has 2 aromatic rings. The highest BCUT2D eigenvalue weighted by molar-refractivity contribution is 6.03. The Kier molecular flexibility index (Phi) is 6.20. The maximum absolute atomic E-state index is 12.5. The van der Waals surface area contributed by atoms with Crippen molar-refractivity contribution in [2.24, 2.45) is 0 Å². The number of hydrogen-bond acceptors (Lipinski definition) is 6. The lowest BCUT2D eigenvalue weighted by Gasteiger charge is -2.37. The number of carbonyl (C=O) groups is 2. The Morgan fingerprint density at radius 3 is 2.50 bits per heavy atom. The third kappa shape index (κ3) is 4.83. The topological polar surface area (TPSA) is 90.5 Å². The molecule has 1 saturated heterocycles. The number of amides is 3. The van der Waals surface area contributed by atoms with Crippen molar-refractivity contribution in [3.63, 3.8) is 0 Å². The molecule has 148 valence electrons. The van der Waals surface area contributed by atoms with Gasteiger partial charge in [0.25, 0.3) is 0 Å². The molecule has 2 N–H and O–H groups in total. The molecule has 3 rings (SSSR count). The maximum atomic E-state index is 12.5. The van der Waals surface area contributed by atoms with Crippen LogP contribution in [0.2, 0.25) is 0 Å². The molecule has 0 saturated carbocycles. The highest BCUT2D eigenvalue weighted by atomic mass is 16.2. The van der Waals surface area contributed by atoms with Crippen LogP contribution in [0.1, 0.15) is 18.1 Å². The monoisotopic (exact) mass is 382 g/mol. The number of anilines is 2. The summed E-state index contributed by atoms with van der Waals surface area (Å²) < 4.78 is 0. The molecule has 1 atom stereocenters. The van der Waals surface area contributed by atoms with Gasteiger partial charge in [0.1, 0.15) is 5.82 Å².